The van der Waals surface area contributed by atoms with Crippen LogP contribution >= 0.6 is 0 Å². The summed E-state index contributed by atoms with van der Waals surface area (Å²) in [5.74, 6) is 0.272. The van der Waals surface area contributed by atoms with Crippen LogP contribution in [0.15, 0.2) is 0 Å². The minimum atomic E-state index is -3.22. The minimum absolute atomic E-state index is 0.210. The molecule has 1 unspecified atom stereocenters. The fourth-order valence-electron chi connectivity index (χ4n) is 2.72. The van der Waals surface area contributed by atoms with E-state index in [4.69, 9.17) is 5.73 Å². The second-order valence-electron chi connectivity index (χ2n) is 4.90. The molecule has 1 atom stereocenters. The molecule has 1 aliphatic heterocycles. The van der Waals surface area contributed by atoms with Crippen LogP contribution in [-0.2, 0) is 10.2 Å². The highest BCUT2D eigenvalue weighted by atomic mass is 32.2. The maximum atomic E-state index is 12.2. The number of nitrogens with zero attached hydrogens (tertiary/aromatic N) is 2. The lowest BCUT2D eigenvalue weighted by molar-refractivity contribution is 0.207. The van der Waals surface area contributed by atoms with E-state index in [1.807, 2.05) is 0 Å². The highest BCUT2D eigenvalue weighted by Crippen LogP contribution is 2.29. The molecule has 6 heteroatoms. The molecule has 0 aromatic carbocycles. The maximum Gasteiger partial charge on any atom is 0.281 e. The van der Waals surface area contributed by atoms with Crippen molar-refractivity contribution in [3.63, 3.8) is 0 Å². The summed E-state index contributed by atoms with van der Waals surface area (Å²) in [4.78, 5) is 0. The average Bonchev–Trinajstić information content (AvgIpc) is 2.75. The molecular weight excluding hydrogens is 226 g/mol. The van der Waals surface area contributed by atoms with Crippen molar-refractivity contribution in [3.05, 3.63) is 0 Å². The molecule has 0 amide bonds. The van der Waals surface area contributed by atoms with Crippen LogP contribution in [0.2, 0.25) is 0 Å². The third kappa shape index (κ3) is 2.11. The Kier molecular flexibility index (Phi) is 3.53. The summed E-state index contributed by atoms with van der Waals surface area (Å²) in [6.45, 7) is 1.72. The van der Waals surface area contributed by atoms with E-state index in [-0.39, 0.29) is 12.0 Å². The van der Waals surface area contributed by atoms with Crippen LogP contribution in [0.5, 0.6) is 0 Å². The highest BCUT2D eigenvalue weighted by molar-refractivity contribution is 7.86. The zero-order chi connectivity index (χ0) is 11.8. The van der Waals surface area contributed by atoms with Gasteiger partial charge in [-0.3, -0.25) is 0 Å². The molecule has 0 aromatic heterocycles. The Morgan fingerprint density at radius 1 is 1.25 bits per heavy atom. The molecule has 0 radical (unpaired) electrons. The molecule has 0 spiro atoms. The third-order valence-corrected chi connectivity index (χ3v) is 5.69. The molecule has 5 nitrogen and oxygen atoms in total. The predicted molar refractivity (Wildman–Crippen MR) is 63.1 cm³/mol. The summed E-state index contributed by atoms with van der Waals surface area (Å²) in [6, 6.07) is 0.210. The molecule has 2 aliphatic rings. The van der Waals surface area contributed by atoms with Gasteiger partial charge in [-0.25, -0.2) is 0 Å². The van der Waals surface area contributed by atoms with Crippen LogP contribution < -0.4 is 5.73 Å². The molecule has 2 rings (SSSR count). The zero-order valence-electron chi connectivity index (χ0n) is 9.80. The Bertz CT molecular complexity index is 338. The normalized spacial score (nSPS) is 33.2. The van der Waals surface area contributed by atoms with Gasteiger partial charge < -0.3 is 5.73 Å². The van der Waals surface area contributed by atoms with E-state index in [0.29, 0.717) is 19.6 Å². The van der Waals surface area contributed by atoms with Crippen LogP contribution in [0.4, 0.5) is 0 Å². The molecule has 0 aromatic rings. The molecular formula is C10H21N3O2S. The van der Waals surface area contributed by atoms with Crippen molar-refractivity contribution in [3.8, 4) is 0 Å². The van der Waals surface area contributed by atoms with Crippen molar-refractivity contribution in [1.82, 2.24) is 8.61 Å². The summed E-state index contributed by atoms with van der Waals surface area (Å²) in [7, 11) is -1.57. The van der Waals surface area contributed by atoms with Gasteiger partial charge in [-0.15, -0.1) is 0 Å². The number of hydrogen-bond donors (Lipinski definition) is 1. The van der Waals surface area contributed by atoms with E-state index < -0.39 is 10.2 Å². The number of hydrogen-bond acceptors (Lipinski definition) is 3. The van der Waals surface area contributed by atoms with Crippen LogP contribution in [0.3, 0.4) is 0 Å². The average molecular weight is 247 g/mol. The van der Waals surface area contributed by atoms with Gasteiger partial charge in [0.1, 0.15) is 0 Å². The first-order valence-electron chi connectivity index (χ1n) is 5.99. The van der Waals surface area contributed by atoms with Gasteiger partial charge >= 0.3 is 0 Å². The number of nitrogens with two attached hydrogens (primary N) is 1. The van der Waals surface area contributed by atoms with Gasteiger partial charge in [0, 0.05) is 26.2 Å². The van der Waals surface area contributed by atoms with Crippen molar-refractivity contribution in [2.45, 2.75) is 31.7 Å². The molecule has 2 fully saturated rings. The predicted octanol–water partition coefficient (Wildman–Crippen LogP) is -0.00390. The topological polar surface area (TPSA) is 66.6 Å². The summed E-state index contributed by atoms with van der Waals surface area (Å²) in [5.41, 5.74) is 5.67. The summed E-state index contributed by atoms with van der Waals surface area (Å²) < 4.78 is 27.5. The van der Waals surface area contributed by atoms with Gasteiger partial charge in [-0.2, -0.15) is 17.0 Å². The second kappa shape index (κ2) is 4.60. The quantitative estimate of drug-likeness (QED) is 0.746. The fraction of sp³-hybridized carbons (Fsp3) is 1.00. The third-order valence-electron chi connectivity index (χ3n) is 3.71. The van der Waals surface area contributed by atoms with Gasteiger partial charge in [0.15, 0.2) is 0 Å². The van der Waals surface area contributed by atoms with Crippen LogP contribution in [-0.4, -0.2) is 49.8 Å². The first kappa shape index (κ1) is 12.3. The van der Waals surface area contributed by atoms with E-state index in [1.54, 1.807) is 11.4 Å². The maximum absolute atomic E-state index is 12.2. The Morgan fingerprint density at radius 3 is 2.44 bits per heavy atom. The van der Waals surface area contributed by atoms with Gasteiger partial charge in [0.2, 0.25) is 0 Å². The lowest BCUT2D eigenvalue weighted by Gasteiger charge is -2.40. The largest absolute Gasteiger partial charge is 0.330 e. The Hall–Kier alpha value is -0.170. The van der Waals surface area contributed by atoms with Crippen LogP contribution in [0, 0.1) is 5.92 Å². The zero-order valence-corrected chi connectivity index (χ0v) is 10.6. The summed E-state index contributed by atoms with van der Waals surface area (Å²) >= 11 is 0. The van der Waals surface area contributed by atoms with Gasteiger partial charge in [0.25, 0.3) is 10.2 Å². The van der Waals surface area contributed by atoms with E-state index in [1.165, 1.54) is 4.31 Å². The molecule has 0 bridgehead atoms. The minimum Gasteiger partial charge on any atom is -0.330 e. The van der Waals surface area contributed by atoms with Crippen molar-refractivity contribution in [1.29, 1.82) is 0 Å². The molecule has 1 aliphatic carbocycles. The molecule has 1 saturated carbocycles. The standard InChI is InChI=1S/C10H21N3O2S/c1-12-7-9(6-11)8-13(16(12,14)15)10-4-2-3-5-10/h9-10H,2-8,11H2,1H3. The second-order valence-corrected chi connectivity index (χ2v) is 6.89. The monoisotopic (exact) mass is 247 g/mol. The fourth-order valence-corrected chi connectivity index (χ4v) is 4.47. The van der Waals surface area contributed by atoms with E-state index in [2.05, 4.69) is 0 Å². The lowest BCUT2D eigenvalue weighted by atomic mass is 10.1. The van der Waals surface area contributed by atoms with Crippen LogP contribution in [0.25, 0.3) is 0 Å². The highest BCUT2D eigenvalue weighted by Gasteiger charge is 2.40. The SMILES string of the molecule is CN1CC(CN)CN(C2CCCC2)S1(=O)=O. The Labute approximate surface area is 97.8 Å². The Morgan fingerprint density at radius 2 is 1.88 bits per heavy atom. The van der Waals surface area contributed by atoms with E-state index >= 15 is 0 Å². The van der Waals surface area contributed by atoms with Crippen molar-refractivity contribution >= 4 is 10.2 Å². The van der Waals surface area contributed by atoms with Crippen LogP contribution in [0.1, 0.15) is 25.7 Å². The smallest absolute Gasteiger partial charge is 0.281 e. The van der Waals surface area contributed by atoms with Gasteiger partial charge in [-0.05, 0) is 25.3 Å². The molecule has 1 heterocycles. The molecule has 94 valence electrons. The first-order chi connectivity index (χ1) is 7.55. The number of rotatable bonds is 2. The summed E-state index contributed by atoms with van der Waals surface area (Å²) in [6.07, 6.45) is 4.30. The van der Waals surface area contributed by atoms with Crippen molar-refractivity contribution < 1.29 is 8.42 Å². The van der Waals surface area contributed by atoms with Gasteiger partial charge in [0.05, 0.1) is 0 Å². The molecule has 16 heavy (non-hydrogen) atoms. The van der Waals surface area contributed by atoms with Gasteiger partial charge in [-0.1, -0.05) is 12.8 Å². The Balaban J connectivity index is 2.18. The first-order valence-corrected chi connectivity index (χ1v) is 7.38. The van der Waals surface area contributed by atoms with Crippen molar-refractivity contribution in [2.24, 2.45) is 11.7 Å². The lowest BCUT2D eigenvalue weighted by Crippen LogP contribution is -2.56. The van der Waals surface area contributed by atoms with E-state index in [9.17, 15) is 8.42 Å². The van der Waals surface area contributed by atoms with E-state index in [0.717, 1.165) is 25.7 Å². The summed E-state index contributed by atoms with van der Waals surface area (Å²) in [5, 5.41) is 0. The molecule has 2 N–H and O–H groups in total. The molecule has 1 saturated heterocycles. The van der Waals surface area contributed by atoms with Crippen molar-refractivity contribution in [2.75, 3.05) is 26.7 Å².